The lowest BCUT2D eigenvalue weighted by atomic mass is 10.0. The van der Waals surface area contributed by atoms with Crippen molar-refractivity contribution in [2.45, 2.75) is 38.8 Å². The van der Waals surface area contributed by atoms with Crippen molar-refractivity contribution in [1.29, 1.82) is 5.26 Å². The van der Waals surface area contributed by atoms with E-state index in [1.165, 1.54) is 0 Å². The molecule has 2 aliphatic rings. The second-order valence-electron chi connectivity index (χ2n) is 10.5. The van der Waals surface area contributed by atoms with Gasteiger partial charge in [0.15, 0.2) is 0 Å². The summed E-state index contributed by atoms with van der Waals surface area (Å²) in [6.07, 6.45) is 10.7. The number of rotatable bonds is 7. The van der Waals surface area contributed by atoms with E-state index >= 15 is 0 Å². The molecule has 3 heterocycles. The Labute approximate surface area is 196 Å². The van der Waals surface area contributed by atoms with Crippen LogP contribution < -0.4 is 4.90 Å². The molecular formula is C26H29N5OSi. The van der Waals surface area contributed by atoms with Gasteiger partial charge in [0.1, 0.15) is 24.5 Å². The minimum atomic E-state index is -1.16. The molecule has 1 saturated heterocycles. The van der Waals surface area contributed by atoms with Crippen molar-refractivity contribution in [3.63, 3.8) is 0 Å². The highest BCUT2D eigenvalue weighted by molar-refractivity contribution is 6.76. The average Bonchev–Trinajstić information content (AvgIpc) is 3.17. The quantitative estimate of drug-likeness (QED) is 0.292. The number of piperidine rings is 1. The van der Waals surface area contributed by atoms with E-state index in [2.05, 4.69) is 52.3 Å². The van der Waals surface area contributed by atoms with Crippen molar-refractivity contribution < 1.29 is 4.74 Å². The smallest absolute Gasteiger partial charge is 0.148 e. The van der Waals surface area contributed by atoms with Crippen LogP contribution in [-0.4, -0.2) is 42.3 Å². The number of benzene rings is 1. The maximum atomic E-state index is 9.43. The highest BCUT2D eigenvalue weighted by Gasteiger charge is 2.59. The minimum absolute atomic E-state index is 0.000678. The molecule has 2 fully saturated rings. The van der Waals surface area contributed by atoms with Gasteiger partial charge in [-0.15, -0.1) is 6.42 Å². The molecule has 33 heavy (non-hydrogen) atoms. The molecule has 168 valence electrons. The normalized spacial score (nSPS) is 21.6. The topological polar surface area (TPSA) is 67.0 Å². The van der Waals surface area contributed by atoms with Gasteiger partial charge in [0.05, 0.1) is 22.4 Å². The van der Waals surface area contributed by atoms with E-state index in [1.807, 2.05) is 24.3 Å². The molecule has 2 aromatic heterocycles. The lowest BCUT2D eigenvalue weighted by Crippen LogP contribution is -2.25. The Morgan fingerprint density at radius 3 is 2.88 bits per heavy atom. The van der Waals surface area contributed by atoms with E-state index in [1.54, 1.807) is 6.33 Å². The Morgan fingerprint density at radius 2 is 2.15 bits per heavy atom. The van der Waals surface area contributed by atoms with Gasteiger partial charge >= 0.3 is 0 Å². The summed E-state index contributed by atoms with van der Waals surface area (Å²) < 4.78 is 8.13. The number of nitriles is 1. The van der Waals surface area contributed by atoms with Crippen LogP contribution in [0.3, 0.4) is 0 Å². The van der Waals surface area contributed by atoms with Gasteiger partial charge in [0.25, 0.3) is 0 Å². The number of hydrogen-bond acceptors (Lipinski definition) is 5. The van der Waals surface area contributed by atoms with E-state index < -0.39 is 8.07 Å². The Hall–Kier alpha value is -3.13. The summed E-state index contributed by atoms with van der Waals surface area (Å²) in [5.74, 6) is 4.50. The Kier molecular flexibility index (Phi) is 5.27. The van der Waals surface area contributed by atoms with Gasteiger partial charge in [-0.05, 0) is 36.1 Å². The maximum Gasteiger partial charge on any atom is 0.148 e. The number of aromatic nitrogens is 3. The Balaban J connectivity index is 1.55. The predicted octanol–water partition coefficient (Wildman–Crippen LogP) is 4.74. The van der Waals surface area contributed by atoms with Crippen molar-refractivity contribution in [1.82, 2.24) is 14.5 Å². The zero-order valence-corrected chi connectivity index (χ0v) is 20.5. The summed E-state index contributed by atoms with van der Waals surface area (Å²) >= 11 is 0. The third kappa shape index (κ3) is 4.03. The number of hydrogen-bond donors (Lipinski definition) is 0. The van der Waals surface area contributed by atoms with Crippen molar-refractivity contribution >= 4 is 24.9 Å². The van der Waals surface area contributed by atoms with Gasteiger partial charge in [0, 0.05) is 39.5 Å². The second kappa shape index (κ2) is 8.02. The third-order valence-electron chi connectivity index (χ3n) is 6.90. The van der Waals surface area contributed by atoms with E-state index in [4.69, 9.17) is 16.1 Å². The number of ether oxygens (including phenoxy) is 1. The third-order valence-corrected chi connectivity index (χ3v) is 8.60. The molecule has 0 bridgehead atoms. The first-order chi connectivity index (χ1) is 15.8. The van der Waals surface area contributed by atoms with Gasteiger partial charge in [0.2, 0.25) is 0 Å². The van der Waals surface area contributed by atoms with Crippen LogP contribution in [-0.2, 0) is 11.5 Å². The predicted molar refractivity (Wildman–Crippen MR) is 133 cm³/mol. The second-order valence-corrected chi connectivity index (χ2v) is 16.2. The van der Waals surface area contributed by atoms with Crippen LogP contribution in [0.1, 0.15) is 12.0 Å². The van der Waals surface area contributed by atoms with Crippen LogP contribution in [0, 0.1) is 35.0 Å². The lowest BCUT2D eigenvalue weighted by molar-refractivity contribution is 0.0899. The molecule has 0 radical (unpaired) electrons. The molecule has 2 unspecified atom stereocenters. The van der Waals surface area contributed by atoms with Crippen LogP contribution >= 0.6 is 0 Å². The number of anilines is 1. The lowest BCUT2D eigenvalue weighted by Gasteiger charge is -2.21. The highest BCUT2D eigenvalue weighted by Crippen LogP contribution is 2.58. The fraction of sp³-hybridized carbons (Fsp3) is 0.423. The first-order valence-electron chi connectivity index (χ1n) is 11.5. The van der Waals surface area contributed by atoms with Gasteiger partial charge < -0.3 is 14.2 Å². The van der Waals surface area contributed by atoms with E-state index in [0.29, 0.717) is 18.2 Å². The zero-order chi connectivity index (χ0) is 23.2. The summed E-state index contributed by atoms with van der Waals surface area (Å²) in [6.45, 7) is 9.99. The zero-order valence-electron chi connectivity index (χ0n) is 19.5. The van der Waals surface area contributed by atoms with E-state index in [-0.39, 0.29) is 5.41 Å². The minimum Gasteiger partial charge on any atom is -0.361 e. The summed E-state index contributed by atoms with van der Waals surface area (Å²) in [4.78, 5) is 11.7. The van der Waals surface area contributed by atoms with E-state index in [0.717, 1.165) is 60.1 Å². The van der Waals surface area contributed by atoms with Crippen LogP contribution in [0.25, 0.3) is 22.2 Å². The van der Waals surface area contributed by atoms with Gasteiger partial charge in [-0.1, -0.05) is 37.7 Å². The number of fused-ring (bicyclic) bond motifs is 2. The fourth-order valence-electron chi connectivity index (χ4n) is 4.83. The Bertz CT molecular complexity index is 1290. The molecule has 1 aliphatic heterocycles. The van der Waals surface area contributed by atoms with Crippen molar-refractivity contribution in [3.05, 3.63) is 42.4 Å². The monoisotopic (exact) mass is 455 g/mol. The first kappa shape index (κ1) is 21.7. The molecule has 2 atom stereocenters. The largest absolute Gasteiger partial charge is 0.361 e. The summed E-state index contributed by atoms with van der Waals surface area (Å²) in [6, 6.07) is 11.1. The molecule has 1 aromatic carbocycles. The number of terminal acetylenes is 1. The average molecular weight is 456 g/mol. The van der Waals surface area contributed by atoms with Crippen molar-refractivity contribution in [2.75, 3.05) is 24.6 Å². The summed E-state index contributed by atoms with van der Waals surface area (Å²) in [5, 5.41) is 10.4. The Morgan fingerprint density at radius 1 is 1.30 bits per heavy atom. The molecular weight excluding hydrogens is 426 g/mol. The molecule has 5 rings (SSSR count). The number of nitrogens with zero attached hydrogens (tertiary/aromatic N) is 5. The van der Waals surface area contributed by atoms with Crippen LogP contribution in [0.15, 0.2) is 36.8 Å². The SMILES string of the molecule is C#CC12CC1CN(c1ncnc3c1c(-c1cccc(C#N)c1)cn3COCC[Si](C)(C)C)C2. The summed E-state index contributed by atoms with van der Waals surface area (Å²) in [7, 11) is -1.16. The molecule has 7 heteroatoms. The highest BCUT2D eigenvalue weighted by atomic mass is 28.3. The van der Waals surface area contributed by atoms with Crippen LogP contribution in [0.2, 0.25) is 25.7 Å². The molecule has 0 N–H and O–H groups in total. The van der Waals surface area contributed by atoms with Gasteiger partial charge in [-0.25, -0.2) is 9.97 Å². The fourth-order valence-corrected chi connectivity index (χ4v) is 5.59. The molecule has 0 amide bonds. The van der Waals surface area contributed by atoms with Gasteiger partial charge in [-0.2, -0.15) is 5.26 Å². The summed E-state index contributed by atoms with van der Waals surface area (Å²) in [5.41, 5.74) is 3.47. The van der Waals surface area contributed by atoms with Crippen LogP contribution in [0.5, 0.6) is 0 Å². The standard InChI is InChI=1S/C26H29N5OSi/c1-5-26-12-21(26)14-30(16-26)24-23-22(20-8-6-7-19(11-20)13-27)15-31(25(23)29-17-28-24)18-32-9-10-33(2,3)4/h1,6-8,11,15,17,21H,9-10,12,14,16,18H2,2-4H3. The molecule has 1 aliphatic carbocycles. The molecule has 0 spiro atoms. The van der Waals surface area contributed by atoms with Gasteiger partial charge in [-0.3, -0.25) is 0 Å². The maximum absolute atomic E-state index is 9.43. The van der Waals surface area contributed by atoms with E-state index in [9.17, 15) is 5.26 Å². The van der Waals surface area contributed by atoms with Crippen molar-refractivity contribution in [3.8, 4) is 29.5 Å². The first-order valence-corrected chi connectivity index (χ1v) is 15.2. The molecule has 3 aromatic rings. The molecule has 6 nitrogen and oxygen atoms in total. The molecule has 1 saturated carbocycles. The van der Waals surface area contributed by atoms with Crippen LogP contribution in [0.4, 0.5) is 5.82 Å². The van der Waals surface area contributed by atoms with Crippen molar-refractivity contribution in [2.24, 2.45) is 11.3 Å².